The molecule has 1 fully saturated rings. The molecule has 25 heavy (non-hydrogen) atoms. The summed E-state index contributed by atoms with van der Waals surface area (Å²) in [5, 5.41) is 3.11. The van der Waals surface area contributed by atoms with Crippen molar-refractivity contribution in [1.29, 1.82) is 0 Å². The number of hydrogen-bond donors (Lipinski definition) is 1. The second kappa shape index (κ2) is 8.63. The SMILES string of the molecule is Cc1ccc(CNC(=O)C2CCCN(Cc3ccc(Br)cc3)C2)cc1. The number of nitrogens with zero attached hydrogens (tertiary/aromatic N) is 1. The third-order valence-electron chi connectivity index (χ3n) is 4.78. The van der Waals surface area contributed by atoms with Crippen molar-refractivity contribution in [2.75, 3.05) is 13.1 Å². The molecule has 1 atom stereocenters. The first-order valence-electron chi connectivity index (χ1n) is 8.90. The van der Waals surface area contributed by atoms with Crippen molar-refractivity contribution >= 4 is 21.8 Å². The molecule has 3 rings (SSSR count). The van der Waals surface area contributed by atoms with E-state index in [1.165, 1.54) is 11.1 Å². The highest BCUT2D eigenvalue weighted by atomic mass is 79.9. The number of nitrogens with one attached hydrogen (secondary N) is 1. The highest BCUT2D eigenvalue weighted by Gasteiger charge is 2.25. The monoisotopic (exact) mass is 400 g/mol. The minimum absolute atomic E-state index is 0.0923. The van der Waals surface area contributed by atoms with Gasteiger partial charge in [-0.2, -0.15) is 0 Å². The Labute approximate surface area is 158 Å². The number of piperidine rings is 1. The van der Waals surface area contributed by atoms with Crippen LogP contribution in [0.4, 0.5) is 0 Å². The smallest absolute Gasteiger partial charge is 0.224 e. The van der Waals surface area contributed by atoms with Crippen LogP contribution in [-0.4, -0.2) is 23.9 Å². The fourth-order valence-electron chi connectivity index (χ4n) is 3.30. The average molecular weight is 401 g/mol. The molecular formula is C21H25BrN2O. The molecule has 1 saturated heterocycles. The number of amides is 1. The number of rotatable bonds is 5. The van der Waals surface area contributed by atoms with Crippen LogP contribution in [0.1, 0.15) is 29.5 Å². The van der Waals surface area contributed by atoms with Gasteiger partial charge in [0.05, 0.1) is 5.92 Å². The Kier molecular flexibility index (Phi) is 6.27. The molecule has 0 bridgehead atoms. The van der Waals surface area contributed by atoms with Crippen molar-refractivity contribution in [3.63, 3.8) is 0 Å². The van der Waals surface area contributed by atoms with E-state index in [-0.39, 0.29) is 11.8 Å². The normalized spacial score (nSPS) is 18.1. The lowest BCUT2D eigenvalue weighted by Gasteiger charge is -2.32. The summed E-state index contributed by atoms with van der Waals surface area (Å²) >= 11 is 3.47. The number of hydrogen-bond acceptors (Lipinski definition) is 2. The molecule has 132 valence electrons. The molecule has 1 aliphatic rings. The summed E-state index contributed by atoms with van der Waals surface area (Å²) in [6.45, 7) is 5.51. The molecule has 1 amide bonds. The molecule has 1 heterocycles. The summed E-state index contributed by atoms with van der Waals surface area (Å²) in [6, 6.07) is 16.8. The van der Waals surface area contributed by atoms with Crippen LogP contribution < -0.4 is 5.32 Å². The minimum atomic E-state index is 0.0923. The van der Waals surface area contributed by atoms with E-state index < -0.39 is 0 Å². The van der Waals surface area contributed by atoms with E-state index in [4.69, 9.17) is 0 Å². The first-order chi connectivity index (χ1) is 12.1. The molecule has 0 radical (unpaired) electrons. The van der Waals surface area contributed by atoms with Crippen molar-refractivity contribution in [2.45, 2.75) is 32.9 Å². The predicted molar refractivity (Wildman–Crippen MR) is 105 cm³/mol. The van der Waals surface area contributed by atoms with Crippen LogP contribution in [0.2, 0.25) is 0 Å². The van der Waals surface area contributed by atoms with E-state index in [1.807, 2.05) is 0 Å². The largest absolute Gasteiger partial charge is 0.352 e. The van der Waals surface area contributed by atoms with Crippen molar-refractivity contribution < 1.29 is 4.79 Å². The lowest BCUT2D eigenvalue weighted by atomic mass is 9.96. The molecule has 4 heteroatoms. The lowest BCUT2D eigenvalue weighted by molar-refractivity contribution is -0.126. The second-order valence-corrected chi connectivity index (χ2v) is 7.82. The van der Waals surface area contributed by atoms with Gasteiger partial charge in [0.25, 0.3) is 0 Å². The van der Waals surface area contributed by atoms with Crippen molar-refractivity contribution in [3.8, 4) is 0 Å². The number of benzene rings is 2. The highest BCUT2D eigenvalue weighted by Crippen LogP contribution is 2.20. The van der Waals surface area contributed by atoms with E-state index in [1.54, 1.807) is 0 Å². The Balaban J connectivity index is 1.50. The number of carbonyl (C=O) groups is 1. The Morgan fingerprint density at radius 1 is 1.12 bits per heavy atom. The van der Waals surface area contributed by atoms with E-state index in [0.717, 1.165) is 42.5 Å². The summed E-state index contributed by atoms with van der Waals surface area (Å²) < 4.78 is 1.10. The number of likely N-dealkylation sites (tertiary alicyclic amines) is 1. The van der Waals surface area contributed by atoms with Gasteiger partial charge >= 0.3 is 0 Å². The summed E-state index contributed by atoms with van der Waals surface area (Å²) in [7, 11) is 0. The fraction of sp³-hybridized carbons (Fsp3) is 0.381. The van der Waals surface area contributed by atoms with Crippen molar-refractivity contribution in [2.24, 2.45) is 5.92 Å². The van der Waals surface area contributed by atoms with Gasteiger partial charge < -0.3 is 5.32 Å². The average Bonchev–Trinajstić information content (AvgIpc) is 2.63. The van der Waals surface area contributed by atoms with E-state index >= 15 is 0 Å². The second-order valence-electron chi connectivity index (χ2n) is 6.90. The van der Waals surface area contributed by atoms with Crippen LogP contribution in [0.3, 0.4) is 0 Å². The standard InChI is InChI=1S/C21H25BrN2O/c1-16-4-6-17(7-5-16)13-23-21(25)19-3-2-12-24(15-19)14-18-8-10-20(22)11-9-18/h4-11,19H,2-3,12-15H2,1H3,(H,23,25). The van der Waals surface area contributed by atoms with Crippen LogP contribution in [0.25, 0.3) is 0 Å². The molecule has 1 unspecified atom stereocenters. The quantitative estimate of drug-likeness (QED) is 0.811. The van der Waals surface area contributed by atoms with Crippen LogP contribution in [0.5, 0.6) is 0 Å². The Morgan fingerprint density at radius 2 is 1.80 bits per heavy atom. The zero-order valence-electron chi connectivity index (χ0n) is 14.7. The van der Waals surface area contributed by atoms with Gasteiger partial charge in [-0.25, -0.2) is 0 Å². The van der Waals surface area contributed by atoms with Crippen LogP contribution in [0.15, 0.2) is 53.0 Å². The van der Waals surface area contributed by atoms with Crippen LogP contribution in [-0.2, 0) is 17.9 Å². The molecule has 1 aliphatic heterocycles. The molecular weight excluding hydrogens is 376 g/mol. The summed E-state index contributed by atoms with van der Waals surface area (Å²) in [5.41, 5.74) is 3.69. The van der Waals surface area contributed by atoms with Crippen LogP contribution in [0, 0.1) is 12.8 Å². The van der Waals surface area contributed by atoms with E-state index in [2.05, 4.69) is 81.6 Å². The number of halogens is 1. The first kappa shape index (κ1) is 18.2. The highest BCUT2D eigenvalue weighted by molar-refractivity contribution is 9.10. The lowest BCUT2D eigenvalue weighted by Crippen LogP contribution is -2.42. The van der Waals surface area contributed by atoms with E-state index in [9.17, 15) is 4.79 Å². The zero-order valence-corrected chi connectivity index (χ0v) is 16.3. The zero-order chi connectivity index (χ0) is 17.6. The fourth-order valence-corrected chi connectivity index (χ4v) is 3.56. The minimum Gasteiger partial charge on any atom is -0.352 e. The van der Waals surface area contributed by atoms with Crippen LogP contribution >= 0.6 is 15.9 Å². The first-order valence-corrected chi connectivity index (χ1v) is 9.69. The Morgan fingerprint density at radius 3 is 2.52 bits per heavy atom. The van der Waals surface area contributed by atoms with Gasteiger partial charge in [0, 0.05) is 24.1 Å². The summed E-state index contributed by atoms with van der Waals surface area (Å²) in [5.74, 6) is 0.274. The molecule has 1 N–H and O–H groups in total. The van der Waals surface area contributed by atoms with Gasteiger partial charge in [-0.1, -0.05) is 57.9 Å². The van der Waals surface area contributed by atoms with Gasteiger partial charge in [-0.3, -0.25) is 9.69 Å². The summed E-state index contributed by atoms with van der Waals surface area (Å²) in [4.78, 5) is 14.9. The molecule has 0 spiro atoms. The Bertz CT molecular complexity index is 697. The maximum Gasteiger partial charge on any atom is 0.224 e. The van der Waals surface area contributed by atoms with Gasteiger partial charge in [-0.15, -0.1) is 0 Å². The third kappa shape index (κ3) is 5.41. The maximum absolute atomic E-state index is 12.5. The van der Waals surface area contributed by atoms with E-state index in [0.29, 0.717) is 6.54 Å². The third-order valence-corrected chi connectivity index (χ3v) is 5.31. The molecule has 3 nitrogen and oxygen atoms in total. The molecule has 2 aromatic rings. The predicted octanol–water partition coefficient (Wildman–Crippen LogP) is 4.29. The summed E-state index contributed by atoms with van der Waals surface area (Å²) in [6.07, 6.45) is 2.07. The van der Waals surface area contributed by atoms with Gasteiger partial charge in [0.2, 0.25) is 5.91 Å². The molecule has 0 aromatic heterocycles. The number of aryl methyl sites for hydroxylation is 1. The van der Waals surface area contributed by atoms with Gasteiger partial charge in [0.15, 0.2) is 0 Å². The Hall–Kier alpha value is -1.65. The van der Waals surface area contributed by atoms with Gasteiger partial charge in [0.1, 0.15) is 0 Å². The molecule has 0 aliphatic carbocycles. The van der Waals surface area contributed by atoms with Gasteiger partial charge in [-0.05, 0) is 49.6 Å². The number of carbonyl (C=O) groups excluding carboxylic acids is 1. The maximum atomic E-state index is 12.5. The topological polar surface area (TPSA) is 32.3 Å². The molecule has 0 saturated carbocycles. The molecule has 2 aromatic carbocycles. The van der Waals surface area contributed by atoms with Crippen molar-refractivity contribution in [3.05, 3.63) is 69.7 Å². The van der Waals surface area contributed by atoms with Crippen molar-refractivity contribution in [1.82, 2.24) is 10.2 Å².